The molecule has 0 saturated carbocycles. The van der Waals surface area contributed by atoms with Crippen molar-refractivity contribution in [3.05, 3.63) is 56.4 Å². The summed E-state index contributed by atoms with van der Waals surface area (Å²) in [6, 6.07) is 7.59. The molecular formula is C18H21Cl2N3O4. The van der Waals surface area contributed by atoms with Crippen LogP contribution >= 0.6 is 23.2 Å². The van der Waals surface area contributed by atoms with Crippen LogP contribution in [0, 0.1) is 0 Å². The first kappa shape index (κ1) is 21.2. The number of rotatable bonds is 9. The predicted molar refractivity (Wildman–Crippen MR) is 104 cm³/mol. The second kappa shape index (κ2) is 10.3. The lowest BCUT2D eigenvalue weighted by Gasteiger charge is -2.14. The number of aromatic nitrogens is 2. The van der Waals surface area contributed by atoms with Gasteiger partial charge in [0.15, 0.2) is 0 Å². The molecule has 9 heteroatoms. The number of hydrogen-bond acceptors (Lipinski definition) is 5. The molecule has 2 N–H and O–H groups in total. The van der Waals surface area contributed by atoms with Crippen LogP contribution < -0.4 is 15.6 Å². The number of nitrogens with one attached hydrogen (secondary N) is 1. The van der Waals surface area contributed by atoms with Gasteiger partial charge in [-0.05, 0) is 24.6 Å². The zero-order valence-corrected chi connectivity index (χ0v) is 16.3. The number of benzene rings is 1. The molecule has 0 radical (unpaired) electrons. The molecule has 0 fully saturated rings. The summed E-state index contributed by atoms with van der Waals surface area (Å²) >= 11 is 11.9. The smallest absolute Gasteiger partial charge is 0.271 e. The third-order valence-corrected chi connectivity index (χ3v) is 4.47. The van der Waals surface area contributed by atoms with Crippen molar-refractivity contribution in [1.82, 2.24) is 15.1 Å². The zero-order valence-electron chi connectivity index (χ0n) is 14.8. The molecule has 7 nitrogen and oxygen atoms in total. The van der Waals surface area contributed by atoms with Crippen LogP contribution in [0.15, 0.2) is 35.1 Å². The molecule has 2 rings (SSSR count). The highest BCUT2D eigenvalue weighted by Gasteiger charge is 2.13. The van der Waals surface area contributed by atoms with Crippen molar-refractivity contribution in [2.45, 2.75) is 32.4 Å². The third kappa shape index (κ3) is 6.23. The summed E-state index contributed by atoms with van der Waals surface area (Å²) < 4.78 is 6.68. The average molecular weight is 414 g/mol. The lowest BCUT2D eigenvalue weighted by Crippen LogP contribution is -2.36. The number of nitrogens with zero attached hydrogens (tertiary/aromatic N) is 2. The van der Waals surface area contributed by atoms with Crippen molar-refractivity contribution in [2.75, 3.05) is 13.2 Å². The maximum Gasteiger partial charge on any atom is 0.271 e. The average Bonchev–Trinajstić information content (AvgIpc) is 2.66. The van der Waals surface area contributed by atoms with E-state index in [-0.39, 0.29) is 29.4 Å². The molecule has 1 unspecified atom stereocenters. The van der Waals surface area contributed by atoms with Gasteiger partial charge in [-0.3, -0.25) is 9.59 Å². The fourth-order valence-electron chi connectivity index (χ4n) is 2.18. The van der Waals surface area contributed by atoms with Crippen molar-refractivity contribution in [1.29, 1.82) is 0 Å². The lowest BCUT2D eigenvalue weighted by atomic mass is 10.3. The highest BCUT2D eigenvalue weighted by molar-refractivity contribution is 6.42. The number of ether oxygens (including phenoxy) is 1. The number of aliphatic hydroxyl groups is 1. The second-order valence-electron chi connectivity index (χ2n) is 5.86. The Balaban J connectivity index is 1.87. The molecule has 146 valence electrons. The maximum atomic E-state index is 12.2. The minimum atomic E-state index is -0.963. The van der Waals surface area contributed by atoms with Crippen molar-refractivity contribution in [3.8, 4) is 5.75 Å². The Labute approximate surface area is 166 Å². The normalized spacial score (nSPS) is 11.9. The first-order chi connectivity index (χ1) is 12.9. The largest absolute Gasteiger partial charge is 0.489 e. The maximum absolute atomic E-state index is 12.2. The second-order valence-corrected chi connectivity index (χ2v) is 6.65. The predicted octanol–water partition coefficient (Wildman–Crippen LogP) is 2.52. The quantitative estimate of drug-likeness (QED) is 0.658. The van der Waals surface area contributed by atoms with E-state index in [2.05, 4.69) is 10.4 Å². The number of amides is 1. The van der Waals surface area contributed by atoms with Gasteiger partial charge in [0.05, 0.1) is 5.02 Å². The Hall–Kier alpha value is -2.09. The Morgan fingerprint density at radius 3 is 2.85 bits per heavy atom. The third-order valence-electron chi connectivity index (χ3n) is 3.67. The standard InChI is InChI=1S/C18H21Cl2N3O4/c1-2-3-9-23-16(25)8-7-14(22-23)18(26)21-10-12(24)11-27-15-6-4-5-13(19)17(15)20/h4-8,12,24H,2-3,9-11H2,1H3,(H,21,26). The molecule has 1 heterocycles. The number of aliphatic hydroxyl groups excluding tert-OH is 1. The fraction of sp³-hybridized carbons (Fsp3) is 0.389. The summed E-state index contributed by atoms with van der Waals surface area (Å²) in [5.74, 6) is -0.140. The Morgan fingerprint density at radius 1 is 1.33 bits per heavy atom. The van der Waals surface area contributed by atoms with Crippen LogP contribution in [-0.4, -0.2) is 40.0 Å². The number of hydrogen-bond donors (Lipinski definition) is 2. The summed E-state index contributed by atoms with van der Waals surface area (Å²) in [7, 11) is 0. The van der Waals surface area contributed by atoms with Crippen LogP contribution in [0.2, 0.25) is 10.0 Å². The summed E-state index contributed by atoms with van der Waals surface area (Å²) in [5, 5.41) is 17.2. The monoisotopic (exact) mass is 413 g/mol. The SMILES string of the molecule is CCCCn1nc(C(=O)NCC(O)COc2cccc(Cl)c2Cl)ccc1=O. The molecule has 0 saturated heterocycles. The zero-order chi connectivity index (χ0) is 19.8. The number of carbonyl (C=O) groups excluding carboxylic acids is 1. The minimum Gasteiger partial charge on any atom is -0.489 e. The van der Waals surface area contributed by atoms with Crippen LogP contribution in [0.25, 0.3) is 0 Å². The fourth-order valence-corrected chi connectivity index (χ4v) is 2.53. The van der Waals surface area contributed by atoms with Gasteiger partial charge in [0.1, 0.15) is 29.2 Å². The topological polar surface area (TPSA) is 93.5 Å². The van der Waals surface area contributed by atoms with Crippen LogP contribution in [0.5, 0.6) is 5.75 Å². The molecule has 1 aromatic heterocycles. The van der Waals surface area contributed by atoms with Crippen LogP contribution in [0.4, 0.5) is 0 Å². The first-order valence-electron chi connectivity index (χ1n) is 8.53. The Morgan fingerprint density at radius 2 is 2.11 bits per heavy atom. The van der Waals surface area contributed by atoms with E-state index in [9.17, 15) is 14.7 Å². The molecule has 27 heavy (non-hydrogen) atoms. The number of carbonyl (C=O) groups is 1. The Kier molecular flexibility index (Phi) is 8.09. The highest BCUT2D eigenvalue weighted by Crippen LogP contribution is 2.31. The summed E-state index contributed by atoms with van der Waals surface area (Å²) in [6.07, 6.45) is 0.739. The molecular weight excluding hydrogens is 393 g/mol. The summed E-state index contributed by atoms with van der Waals surface area (Å²) in [5.41, 5.74) is -0.149. The van der Waals surface area contributed by atoms with Crippen molar-refractivity contribution in [3.63, 3.8) is 0 Å². The van der Waals surface area contributed by atoms with Crippen molar-refractivity contribution < 1.29 is 14.6 Å². The van der Waals surface area contributed by atoms with Gasteiger partial charge in [0, 0.05) is 19.2 Å². The van der Waals surface area contributed by atoms with Crippen molar-refractivity contribution in [2.24, 2.45) is 0 Å². The molecule has 0 bridgehead atoms. The van der Waals surface area contributed by atoms with E-state index >= 15 is 0 Å². The summed E-state index contributed by atoms with van der Waals surface area (Å²) in [6.45, 7) is 2.32. The number of aryl methyl sites for hydroxylation is 1. The molecule has 0 aliphatic carbocycles. The molecule has 2 aromatic rings. The van der Waals surface area contributed by atoms with Gasteiger partial charge < -0.3 is 15.2 Å². The van der Waals surface area contributed by atoms with Gasteiger partial charge in [-0.15, -0.1) is 0 Å². The molecule has 1 atom stereocenters. The van der Waals surface area contributed by atoms with E-state index in [1.165, 1.54) is 16.8 Å². The van der Waals surface area contributed by atoms with Crippen molar-refractivity contribution >= 4 is 29.1 Å². The number of halogens is 2. The highest BCUT2D eigenvalue weighted by atomic mass is 35.5. The van der Waals surface area contributed by atoms with Gasteiger partial charge in [-0.2, -0.15) is 5.10 Å². The first-order valence-corrected chi connectivity index (χ1v) is 9.29. The molecule has 1 amide bonds. The van der Waals surface area contributed by atoms with Gasteiger partial charge in [-0.25, -0.2) is 4.68 Å². The van der Waals surface area contributed by atoms with E-state index in [0.29, 0.717) is 17.3 Å². The van der Waals surface area contributed by atoms with E-state index in [1.54, 1.807) is 18.2 Å². The van der Waals surface area contributed by atoms with Crippen LogP contribution in [0.1, 0.15) is 30.3 Å². The van der Waals surface area contributed by atoms with E-state index in [4.69, 9.17) is 27.9 Å². The van der Waals surface area contributed by atoms with E-state index in [0.717, 1.165) is 12.8 Å². The van der Waals surface area contributed by atoms with Gasteiger partial charge in [0.2, 0.25) is 0 Å². The van der Waals surface area contributed by atoms with Gasteiger partial charge >= 0.3 is 0 Å². The Bertz CT molecular complexity index is 842. The molecule has 0 spiro atoms. The minimum absolute atomic E-state index is 0.0488. The van der Waals surface area contributed by atoms with Crippen LogP contribution in [0.3, 0.4) is 0 Å². The summed E-state index contributed by atoms with van der Waals surface area (Å²) in [4.78, 5) is 23.9. The van der Waals surface area contributed by atoms with Gasteiger partial charge in [-0.1, -0.05) is 42.6 Å². The molecule has 0 aliphatic rings. The number of unbranched alkanes of at least 4 members (excludes halogenated alkanes) is 1. The molecule has 0 aliphatic heterocycles. The lowest BCUT2D eigenvalue weighted by molar-refractivity contribution is 0.0838. The molecule has 1 aromatic carbocycles. The van der Waals surface area contributed by atoms with Gasteiger partial charge in [0.25, 0.3) is 11.5 Å². The van der Waals surface area contributed by atoms with E-state index < -0.39 is 12.0 Å². The van der Waals surface area contributed by atoms with Crippen LogP contribution in [-0.2, 0) is 6.54 Å². The van der Waals surface area contributed by atoms with E-state index in [1.807, 2.05) is 6.92 Å².